The van der Waals surface area contributed by atoms with Crippen LogP contribution < -0.4 is 0 Å². The standard InChI is InChI=1S/C13H11ClFN3O2/c14-11-4-10(15)2-1-8(11)5-18-6-9(3-12(18)19)13-16-7-20-17-13/h1-2,4,7,9H,3,5-6H2. The van der Waals surface area contributed by atoms with Crippen molar-refractivity contribution in [1.29, 1.82) is 0 Å². The lowest BCUT2D eigenvalue weighted by molar-refractivity contribution is -0.128. The Bertz CT molecular complexity index is 633. The molecule has 0 spiro atoms. The summed E-state index contributed by atoms with van der Waals surface area (Å²) < 4.78 is 17.7. The van der Waals surface area contributed by atoms with E-state index in [4.69, 9.17) is 16.1 Å². The number of hydrogen-bond acceptors (Lipinski definition) is 4. The van der Waals surface area contributed by atoms with Gasteiger partial charge in [-0.3, -0.25) is 4.79 Å². The minimum Gasteiger partial charge on any atom is -0.343 e. The molecule has 1 unspecified atom stereocenters. The fraction of sp³-hybridized carbons (Fsp3) is 0.308. The molecule has 1 atom stereocenters. The van der Waals surface area contributed by atoms with Gasteiger partial charge in [0.1, 0.15) is 5.82 Å². The van der Waals surface area contributed by atoms with Gasteiger partial charge in [0.25, 0.3) is 0 Å². The quantitative estimate of drug-likeness (QED) is 0.872. The van der Waals surface area contributed by atoms with Crippen LogP contribution in [0.1, 0.15) is 23.7 Å². The predicted octanol–water partition coefficient (Wildman–Crippen LogP) is 2.38. The molecule has 0 saturated carbocycles. The minimum absolute atomic E-state index is 0.000177. The number of hydrogen-bond donors (Lipinski definition) is 0. The van der Waals surface area contributed by atoms with Crippen molar-refractivity contribution in [3.05, 3.63) is 46.8 Å². The van der Waals surface area contributed by atoms with Crippen LogP contribution in [-0.2, 0) is 11.3 Å². The molecule has 104 valence electrons. The highest BCUT2D eigenvalue weighted by Gasteiger charge is 2.33. The van der Waals surface area contributed by atoms with Crippen molar-refractivity contribution in [3.8, 4) is 0 Å². The number of halogens is 2. The van der Waals surface area contributed by atoms with Gasteiger partial charge in [0.15, 0.2) is 5.82 Å². The number of benzene rings is 1. The molecular formula is C13H11ClFN3O2. The average Bonchev–Trinajstić information content (AvgIpc) is 3.03. The number of likely N-dealkylation sites (tertiary alicyclic amines) is 1. The van der Waals surface area contributed by atoms with Crippen molar-refractivity contribution in [3.63, 3.8) is 0 Å². The van der Waals surface area contributed by atoms with Crippen molar-refractivity contribution in [1.82, 2.24) is 15.0 Å². The summed E-state index contributed by atoms with van der Waals surface area (Å²) in [7, 11) is 0. The number of nitrogens with zero attached hydrogens (tertiary/aromatic N) is 3. The Morgan fingerprint density at radius 3 is 3.05 bits per heavy atom. The first-order valence-corrected chi connectivity index (χ1v) is 6.49. The van der Waals surface area contributed by atoms with Crippen LogP contribution in [0.4, 0.5) is 4.39 Å². The molecule has 3 rings (SSSR count). The number of rotatable bonds is 3. The lowest BCUT2D eigenvalue weighted by Crippen LogP contribution is -2.24. The maximum Gasteiger partial charge on any atom is 0.223 e. The summed E-state index contributed by atoms with van der Waals surface area (Å²) in [6.07, 6.45) is 1.59. The van der Waals surface area contributed by atoms with Gasteiger partial charge in [0, 0.05) is 30.5 Å². The number of amides is 1. The topological polar surface area (TPSA) is 59.2 Å². The molecule has 1 amide bonds. The monoisotopic (exact) mass is 295 g/mol. The lowest BCUT2D eigenvalue weighted by atomic mass is 10.1. The van der Waals surface area contributed by atoms with E-state index in [1.165, 1.54) is 18.5 Å². The molecular weight excluding hydrogens is 285 g/mol. The van der Waals surface area contributed by atoms with Crippen molar-refractivity contribution in [2.24, 2.45) is 0 Å². The predicted molar refractivity (Wildman–Crippen MR) is 68.5 cm³/mol. The largest absolute Gasteiger partial charge is 0.343 e. The zero-order valence-electron chi connectivity index (χ0n) is 10.4. The molecule has 1 aliphatic heterocycles. The summed E-state index contributed by atoms with van der Waals surface area (Å²) in [6.45, 7) is 0.859. The molecule has 2 aromatic rings. The maximum atomic E-state index is 13.0. The van der Waals surface area contributed by atoms with Gasteiger partial charge in [0.2, 0.25) is 12.3 Å². The molecule has 1 fully saturated rings. The second-order valence-corrected chi connectivity index (χ2v) is 5.11. The van der Waals surface area contributed by atoms with Crippen molar-refractivity contribution in [2.75, 3.05) is 6.54 Å². The summed E-state index contributed by atoms with van der Waals surface area (Å²) in [4.78, 5) is 17.6. The summed E-state index contributed by atoms with van der Waals surface area (Å²) in [6, 6.07) is 4.17. The van der Waals surface area contributed by atoms with Crippen LogP contribution >= 0.6 is 11.6 Å². The Kier molecular flexibility index (Phi) is 3.40. The smallest absolute Gasteiger partial charge is 0.223 e. The summed E-state index contributed by atoms with van der Waals surface area (Å²) in [5, 5.41) is 4.08. The van der Waals surface area contributed by atoms with Crippen LogP contribution in [0.3, 0.4) is 0 Å². The van der Waals surface area contributed by atoms with Crippen LogP contribution in [0, 0.1) is 5.82 Å². The van der Waals surface area contributed by atoms with E-state index in [1.807, 2.05) is 0 Å². The Morgan fingerprint density at radius 1 is 1.50 bits per heavy atom. The van der Waals surface area contributed by atoms with E-state index in [-0.39, 0.29) is 11.8 Å². The van der Waals surface area contributed by atoms with Gasteiger partial charge in [-0.05, 0) is 17.7 Å². The van der Waals surface area contributed by atoms with Gasteiger partial charge in [-0.2, -0.15) is 4.98 Å². The van der Waals surface area contributed by atoms with E-state index in [9.17, 15) is 9.18 Å². The van der Waals surface area contributed by atoms with Crippen molar-refractivity contribution in [2.45, 2.75) is 18.9 Å². The SMILES string of the molecule is O=C1CC(c2ncon2)CN1Cc1ccc(F)cc1Cl. The average molecular weight is 296 g/mol. The first-order valence-electron chi connectivity index (χ1n) is 6.11. The summed E-state index contributed by atoms with van der Waals surface area (Å²) in [5.41, 5.74) is 0.718. The third-order valence-electron chi connectivity index (χ3n) is 3.33. The normalized spacial score (nSPS) is 18.8. The van der Waals surface area contributed by atoms with Crippen LogP contribution in [0.5, 0.6) is 0 Å². The first-order chi connectivity index (χ1) is 9.63. The Morgan fingerprint density at radius 2 is 2.35 bits per heavy atom. The zero-order valence-corrected chi connectivity index (χ0v) is 11.2. The third-order valence-corrected chi connectivity index (χ3v) is 3.69. The molecule has 1 aliphatic rings. The second kappa shape index (κ2) is 5.20. The molecule has 0 aliphatic carbocycles. The second-order valence-electron chi connectivity index (χ2n) is 4.70. The zero-order chi connectivity index (χ0) is 14.1. The molecule has 7 heteroatoms. The van der Waals surface area contributed by atoms with Gasteiger partial charge in [-0.15, -0.1) is 0 Å². The molecule has 1 saturated heterocycles. The van der Waals surface area contributed by atoms with Crippen LogP contribution in [0.25, 0.3) is 0 Å². The number of carbonyl (C=O) groups is 1. The Hall–Kier alpha value is -1.95. The van der Waals surface area contributed by atoms with E-state index >= 15 is 0 Å². The van der Waals surface area contributed by atoms with Crippen molar-refractivity contribution < 1.29 is 13.7 Å². The van der Waals surface area contributed by atoms with Crippen LogP contribution in [-0.4, -0.2) is 27.5 Å². The molecule has 5 nitrogen and oxygen atoms in total. The van der Waals surface area contributed by atoms with E-state index in [0.29, 0.717) is 30.4 Å². The molecule has 0 bridgehead atoms. The van der Waals surface area contributed by atoms with Gasteiger partial charge >= 0.3 is 0 Å². The molecule has 1 aromatic carbocycles. The highest BCUT2D eigenvalue weighted by atomic mass is 35.5. The number of carbonyl (C=O) groups excluding carboxylic acids is 1. The molecule has 20 heavy (non-hydrogen) atoms. The van der Waals surface area contributed by atoms with E-state index in [2.05, 4.69) is 10.1 Å². The summed E-state index contributed by atoms with van der Waals surface area (Å²) in [5.74, 6) is 0.0721. The van der Waals surface area contributed by atoms with Gasteiger partial charge in [-0.25, -0.2) is 4.39 Å². The van der Waals surface area contributed by atoms with E-state index in [1.54, 1.807) is 11.0 Å². The fourth-order valence-electron chi connectivity index (χ4n) is 2.31. The third kappa shape index (κ3) is 2.51. The fourth-order valence-corrected chi connectivity index (χ4v) is 2.54. The van der Waals surface area contributed by atoms with Gasteiger partial charge in [-0.1, -0.05) is 22.8 Å². The van der Waals surface area contributed by atoms with Gasteiger partial charge < -0.3 is 9.42 Å². The van der Waals surface area contributed by atoms with Crippen molar-refractivity contribution >= 4 is 17.5 Å². The molecule has 1 aromatic heterocycles. The van der Waals surface area contributed by atoms with Crippen LogP contribution in [0.2, 0.25) is 5.02 Å². The summed E-state index contributed by atoms with van der Waals surface area (Å²) >= 11 is 5.97. The minimum atomic E-state index is -0.392. The lowest BCUT2D eigenvalue weighted by Gasteiger charge is -2.17. The highest BCUT2D eigenvalue weighted by molar-refractivity contribution is 6.31. The van der Waals surface area contributed by atoms with Gasteiger partial charge in [0.05, 0.1) is 0 Å². The Balaban J connectivity index is 1.73. The first kappa shape index (κ1) is 13.1. The Labute approximate surface area is 119 Å². The van der Waals surface area contributed by atoms with E-state index < -0.39 is 5.82 Å². The van der Waals surface area contributed by atoms with Crippen LogP contribution in [0.15, 0.2) is 29.1 Å². The molecule has 0 radical (unpaired) electrons. The molecule has 0 N–H and O–H groups in total. The molecule has 2 heterocycles. The van der Waals surface area contributed by atoms with E-state index in [0.717, 1.165) is 5.56 Å². The highest BCUT2D eigenvalue weighted by Crippen LogP contribution is 2.28. The maximum absolute atomic E-state index is 13.0. The number of aromatic nitrogens is 2.